The molecule has 0 unspecified atom stereocenters. The van der Waals surface area contributed by atoms with Crippen LogP contribution in [-0.2, 0) is 11.2 Å². The zero-order valence-electron chi connectivity index (χ0n) is 15.7. The summed E-state index contributed by atoms with van der Waals surface area (Å²) in [6, 6.07) is 13.3. The van der Waals surface area contributed by atoms with E-state index in [1.807, 2.05) is 23.1 Å². The number of fused-ring (bicyclic) bond motifs is 1. The van der Waals surface area contributed by atoms with Gasteiger partial charge in [-0.3, -0.25) is 4.79 Å². The van der Waals surface area contributed by atoms with E-state index in [1.54, 1.807) is 12.1 Å². The first-order valence-electron chi connectivity index (χ1n) is 9.72. The van der Waals surface area contributed by atoms with Crippen LogP contribution in [0.15, 0.2) is 42.5 Å². The smallest absolute Gasteiger partial charge is 0.260 e. The topological polar surface area (TPSA) is 48.0 Å². The van der Waals surface area contributed by atoms with Gasteiger partial charge in [-0.15, -0.1) is 0 Å². The molecule has 0 saturated carbocycles. The second-order valence-corrected chi connectivity index (χ2v) is 7.73. The highest BCUT2D eigenvalue weighted by Crippen LogP contribution is 2.33. The van der Waals surface area contributed by atoms with Gasteiger partial charge in [-0.25, -0.2) is 0 Å². The van der Waals surface area contributed by atoms with E-state index in [9.17, 15) is 4.79 Å². The Kier molecular flexibility index (Phi) is 5.91. The minimum Gasteiger partial charge on any atom is -0.484 e. The zero-order chi connectivity index (χ0) is 19.3. The fourth-order valence-corrected chi connectivity index (χ4v) is 3.91. The van der Waals surface area contributed by atoms with Crippen LogP contribution in [0.5, 0.6) is 17.2 Å². The quantitative estimate of drug-likeness (QED) is 0.723. The third-order valence-electron chi connectivity index (χ3n) is 5.40. The summed E-state index contributed by atoms with van der Waals surface area (Å²) in [6.45, 7) is 1.96. The molecule has 0 spiro atoms. The van der Waals surface area contributed by atoms with Crippen LogP contribution in [0, 0.1) is 5.92 Å². The summed E-state index contributed by atoms with van der Waals surface area (Å²) in [5, 5.41) is 0.605. The maximum absolute atomic E-state index is 12.4. The van der Waals surface area contributed by atoms with Crippen LogP contribution in [0.4, 0.5) is 0 Å². The predicted molar refractivity (Wildman–Crippen MR) is 107 cm³/mol. The van der Waals surface area contributed by atoms with Crippen molar-refractivity contribution in [1.82, 2.24) is 4.90 Å². The van der Waals surface area contributed by atoms with Crippen molar-refractivity contribution in [2.24, 2.45) is 5.92 Å². The lowest BCUT2D eigenvalue weighted by atomic mass is 9.90. The van der Waals surface area contributed by atoms with Gasteiger partial charge in [0, 0.05) is 18.1 Å². The van der Waals surface area contributed by atoms with Crippen LogP contribution in [-0.4, -0.2) is 37.3 Å². The van der Waals surface area contributed by atoms with E-state index in [2.05, 4.69) is 12.1 Å². The highest BCUT2D eigenvalue weighted by molar-refractivity contribution is 6.30. The van der Waals surface area contributed by atoms with E-state index in [1.165, 1.54) is 5.56 Å². The Hall–Kier alpha value is -2.40. The first kappa shape index (κ1) is 18.9. The molecule has 0 atom stereocenters. The molecule has 1 amide bonds. The Morgan fingerprint density at radius 3 is 2.75 bits per heavy atom. The number of hydrogen-bond acceptors (Lipinski definition) is 4. The first-order chi connectivity index (χ1) is 13.7. The Morgan fingerprint density at radius 1 is 1.11 bits per heavy atom. The molecule has 0 bridgehead atoms. The van der Waals surface area contributed by atoms with Crippen LogP contribution in [0.2, 0.25) is 5.02 Å². The number of rotatable bonds is 6. The van der Waals surface area contributed by atoms with Crippen molar-refractivity contribution in [2.75, 3.05) is 26.5 Å². The highest BCUT2D eigenvalue weighted by atomic mass is 35.5. The molecule has 2 aromatic carbocycles. The summed E-state index contributed by atoms with van der Waals surface area (Å²) in [5.74, 6) is 2.98. The largest absolute Gasteiger partial charge is 0.484 e. The van der Waals surface area contributed by atoms with Crippen molar-refractivity contribution in [1.29, 1.82) is 0 Å². The van der Waals surface area contributed by atoms with Crippen LogP contribution in [0.25, 0.3) is 0 Å². The van der Waals surface area contributed by atoms with E-state index >= 15 is 0 Å². The first-order valence-corrected chi connectivity index (χ1v) is 10.1. The summed E-state index contributed by atoms with van der Waals surface area (Å²) in [7, 11) is 0. The maximum Gasteiger partial charge on any atom is 0.260 e. The molecule has 148 valence electrons. The van der Waals surface area contributed by atoms with Gasteiger partial charge in [-0.1, -0.05) is 23.7 Å². The summed E-state index contributed by atoms with van der Waals surface area (Å²) >= 11 is 5.94. The van der Waals surface area contributed by atoms with E-state index < -0.39 is 0 Å². The molecule has 2 heterocycles. The van der Waals surface area contributed by atoms with Crippen molar-refractivity contribution in [2.45, 2.75) is 25.7 Å². The van der Waals surface area contributed by atoms with Crippen LogP contribution >= 0.6 is 11.6 Å². The average Bonchev–Trinajstić information content (AvgIpc) is 3.19. The van der Waals surface area contributed by atoms with Crippen LogP contribution < -0.4 is 14.2 Å². The molecular formula is C22H24ClNO4. The molecule has 6 heteroatoms. The number of carbonyl (C=O) groups is 1. The number of likely N-dealkylation sites (tertiary alicyclic amines) is 1. The van der Waals surface area contributed by atoms with E-state index in [0.717, 1.165) is 50.3 Å². The standard InChI is InChI=1S/C22H24ClNO4/c23-18-2-1-3-19(13-18)26-14-22(25)24-10-8-16(9-11-24)4-5-17-6-7-20-21(12-17)28-15-27-20/h1-3,6-7,12-13,16H,4-5,8-11,14-15H2. The van der Waals surface area contributed by atoms with Crippen molar-refractivity contribution in [3.05, 3.63) is 53.1 Å². The zero-order valence-corrected chi connectivity index (χ0v) is 16.5. The summed E-state index contributed by atoms with van der Waals surface area (Å²) in [4.78, 5) is 14.3. The maximum atomic E-state index is 12.4. The monoisotopic (exact) mass is 401 g/mol. The van der Waals surface area contributed by atoms with Gasteiger partial charge in [0.05, 0.1) is 0 Å². The number of amides is 1. The van der Waals surface area contributed by atoms with Crippen LogP contribution in [0.1, 0.15) is 24.8 Å². The van der Waals surface area contributed by atoms with Crippen molar-refractivity contribution in [3.8, 4) is 17.2 Å². The third-order valence-corrected chi connectivity index (χ3v) is 5.64. The number of carbonyl (C=O) groups excluding carboxylic acids is 1. The summed E-state index contributed by atoms with van der Waals surface area (Å²) < 4.78 is 16.4. The number of piperidine rings is 1. The number of hydrogen-bond donors (Lipinski definition) is 0. The Balaban J connectivity index is 1.19. The molecule has 0 aliphatic carbocycles. The molecule has 28 heavy (non-hydrogen) atoms. The molecule has 0 aromatic heterocycles. The minimum atomic E-state index is 0.0363. The molecule has 0 N–H and O–H groups in total. The van der Waals surface area contributed by atoms with Gasteiger partial charge in [0.25, 0.3) is 5.91 Å². The lowest BCUT2D eigenvalue weighted by molar-refractivity contribution is -0.134. The lowest BCUT2D eigenvalue weighted by Crippen LogP contribution is -2.41. The molecule has 4 rings (SSSR count). The van der Waals surface area contributed by atoms with Gasteiger partial charge in [0.15, 0.2) is 18.1 Å². The SMILES string of the molecule is O=C(COc1cccc(Cl)c1)N1CCC(CCc2ccc3c(c2)OCO3)CC1. The van der Waals surface area contributed by atoms with Gasteiger partial charge < -0.3 is 19.1 Å². The second kappa shape index (κ2) is 8.74. The highest BCUT2D eigenvalue weighted by Gasteiger charge is 2.23. The third kappa shape index (κ3) is 4.71. The second-order valence-electron chi connectivity index (χ2n) is 7.30. The summed E-state index contributed by atoms with van der Waals surface area (Å²) in [6.07, 6.45) is 4.22. The lowest BCUT2D eigenvalue weighted by Gasteiger charge is -2.32. The molecular weight excluding hydrogens is 378 g/mol. The molecule has 5 nitrogen and oxygen atoms in total. The number of benzene rings is 2. The fourth-order valence-electron chi connectivity index (χ4n) is 3.73. The van der Waals surface area contributed by atoms with E-state index in [4.69, 9.17) is 25.8 Å². The Bertz CT molecular complexity index is 833. The molecule has 2 aliphatic heterocycles. The number of halogens is 1. The van der Waals surface area contributed by atoms with Crippen LogP contribution in [0.3, 0.4) is 0 Å². The van der Waals surface area contributed by atoms with Gasteiger partial charge in [-0.05, 0) is 67.5 Å². The predicted octanol–water partition coefficient (Wildman–Crippen LogP) is 4.32. The van der Waals surface area contributed by atoms with Crippen molar-refractivity contribution < 1.29 is 19.0 Å². The normalized spacial score (nSPS) is 16.2. The minimum absolute atomic E-state index is 0.0363. The van der Waals surface area contributed by atoms with Gasteiger partial charge >= 0.3 is 0 Å². The molecule has 1 saturated heterocycles. The molecule has 2 aromatic rings. The van der Waals surface area contributed by atoms with E-state index in [0.29, 0.717) is 23.5 Å². The van der Waals surface area contributed by atoms with Gasteiger partial charge in [-0.2, -0.15) is 0 Å². The molecule has 1 fully saturated rings. The molecule has 0 radical (unpaired) electrons. The number of ether oxygens (including phenoxy) is 3. The Labute approximate surface area is 170 Å². The number of aryl methyl sites for hydroxylation is 1. The van der Waals surface area contributed by atoms with Gasteiger partial charge in [0.2, 0.25) is 6.79 Å². The molecule has 2 aliphatic rings. The van der Waals surface area contributed by atoms with Crippen molar-refractivity contribution >= 4 is 17.5 Å². The van der Waals surface area contributed by atoms with Crippen molar-refractivity contribution in [3.63, 3.8) is 0 Å². The fraction of sp³-hybridized carbons (Fsp3) is 0.409. The average molecular weight is 402 g/mol. The number of nitrogens with zero attached hydrogens (tertiary/aromatic N) is 1. The summed E-state index contributed by atoms with van der Waals surface area (Å²) in [5.41, 5.74) is 1.28. The van der Waals surface area contributed by atoms with E-state index in [-0.39, 0.29) is 12.5 Å². The van der Waals surface area contributed by atoms with Gasteiger partial charge in [0.1, 0.15) is 5.75 Å². The Morgan fingerprint density at radius 2 is 1.93 bits per heavy atom.